The van der Waals surface area contributed by atoms with Crippen LogP contribution in [0.25, 0.3) is 0 Å². The largest absolute Gasteiger partial charge is 0.480 e. The number of thioether (sulfide) groups is 1. The number of hydrogen-bond donors (Lipinski definition) is 3. The summed E-state index contributed by atoms with van der Waals surface area (Å²) >= 11 is 6.38. The number of amides is 3. The van der Waals surface area contributed by atoms with E-state index in [-0.39, 0.29) is 32.8 Å². The Hall–Kier alpha value is -4.12. The second-order valence-corrected chi connectivity index (χ2v) is 11.0. The van der Waals surface area contributed by atoms with E-state index in [9.17, 15) is 36.7 Å². The number of carbonyl (C=O) groups is 4. The standard InChI is InChI=1S/C25H20F4N6O5S2/c26-15-7-11(2-3-13(15)19(30)38)35-23(41)34(22(40)24(35)4-1-5-24)12-6-14(25(27,28)29)18(31-8-12)21-33-16(10-42-21)20(39)32-9-17(36)37/h2-3,6-8,16H,1,4-5,9-10H2,(H2,30,38)(H,32,39)(H,36,37). The van der Waals surface area contributed by atoms with Gasteiger partial charge in [0, 0.05) is 11.4 Å². The van der Waals surface area contributed by atoms with Gasteiger partial charge < -0.3 is 21.1 Å². The number of aliphatic carboxylic acids is 1. The van der Waals surface area contributed by atoms with Crippen molar-refractivity contribution in [2.45, 2.75) is 37.0 Å². The fourth-order valence-corrected chi connectivity index (χ4v) is 6.44. The zero-order valence-corrected chi connectivity index (χ0v) is 22.9. The van der Waals surface area contributed by atoms with E-state index in [1.165, 1.54) is 11.0 Å². The number of carbonyl (C=O) groups excluding carboxylic acids is 3. The lowest BCUT2D eigenvalue weighted by Crippen LogP contribution is -2.55. The van der Waals surface area contributed by atoms with Crippen LogP contribution in [0, 0.1) is 5.82 Å². The van der Waals surface area contributed by atoms with Gasteiger partial charge >= 0.3 is 12.1 Å². The molecule has 0 bridgehead atoms. The molecule has 1 saturated heterocycles. The number of pyridine rings is 1. The van der Waals surface area contributed by atoms with Gasteiger partial charge in [0.1, 0.15) is 34.7 Å². The Balaban J connectivity index is 1.51. The first kappa shape index (κ1) is 29.4. The highest BCUT2D eigenvalue weighted by molar-refractivity contribution is 8.14. The molecule has 3 heterocycles. The topological polar surface area (TPSA) is 158 Å². The lowest BCUT2D eigenvalue weighted by Gasteiger charge is -2.43. The van der Waals surface area contributed by atoms with Crippen molar-refractivity contribution in [2.24, 2.45) is 10.7 Å². The third kappa shape index (κ3) is 4.95. The maximum absolute atomic E-state index is 14.6. The molecule has 3 aliphatic rings. The van der Waals surface area contributed by atoms with Crippen molar-refractivity contribution < 1.29 is 41.8 Å². The number of thiocarbonyl (C=S) groups is 1. The molecule has 1 saturated carbocycles. The molecular formula is C25H20F4N6O5S2. The summed E-state index contributed by atoms with van der Waals surface area (Å²) in [4.78, 5) is 58.3. The zero-order chi connectivity index (χ0) is 30.6. The summed E-state index contributed by atoms with van der Waals surface area (Å²) in [7, 11) is 0. The van der Waals surface area contributed by atoms with Crippen molar-refractivity contribution in [2.75, 3.05) is 22.1 Å². The molecule has 220 valence electrons. The monoisotopic (exact) mass is 624 g/mol. The molecule has 1 atom stereocenters. The Morgan fingerprint density at radius 1 is 1.21 bits per heavy atom. The van der Waals surface area contributed by atoms with Gasteiger partial charge in [-0.15, -0.1) is 11.8 Å². The molecule has 0 radical (unpaired) electrons. The normalized spacial score (nSPS) is 19.6. The Labute approximate surface area is 244 Å². The molecule has 3 amide bonds. The number of halogens is 4. The Morgan fingerprint density at radius 3 is 2.50 bits per heavy atom. The number of benzene rings is 1. The van der Waals surface area contributed by atoms with Crippen LogP contribution in [-0.4, -0.2) is 67.8 Å². The van der Waals surface area contributed by atoms with Crippen LogP contribution in [0.1, 0.15) is 40.9 Å². The van der Waals surface area contributed by atoms with Gasteiger partial charge in [-0.3, -0.25) is 34.1 Å². The number of alkyl halides is 3. The first-order valence-corrected chi connectivity index (χ1v) is 13.7. The van der Waals surface area contributed by atoms with E-state index in [0.29, 0.717) is 25.3 Å². The quantitative estimate of drug-likeness (QED) is 0.311. The van der Waals surface area contributed by atoms with Crippen LogP contribution >= 0.6 is 24.0 Å². The maximum Gasteiger partial charge on any atom is 0.418 e. The van der Waals surface area contributed by atoms with Crippen LogP contribution in [-0.2, 0) is 20.6 Å². The third-order valence-corrected chi connectivity index (χ3v) is 8.50. The minimum absolute atomic E-state index is 0.0290. The number of carboxylic acid groups (broad SMARTS) is 1. The number of aliphatic imine (C=N–C) groups is 1. The molecule has 2 aromatic rings. The number of aromatic nitrogens is 1. The third-order valence-electron chi connectivity index (χ3n) is 7.08. The van der Waals surface area contributed by atoms with E-state index in [1.807, 2.05) is 0 Å². The molecule has 1 aliphatic carbocycles. The second-order valence-electron chi connectivity index (χ2n) is 9.63. The number of nitrogens with zero attached hydrogens (tertiary/aromatic N) is 4. The van der Waals surface area contributed by atoms with E-state index >= 15 is 0 Å². The van der Waals surface area contributed by atoms with Crippen molar-refractivity contribution >= 4 is 69.2 Å². The van der Waals surface area contributed by atoms with E-state index in [2.05, 4.69) is 15.3 Å². The number of anilines is 2. The van der Waals surface area contributed by atoms with Crippen molar-refractivity contribution in [1.82, 2.24) is 10.3 Å². The van der Waals surface area contributed by atoms with E-state index < -0.39 is 65.1 Å². The van der Waals surface area contributed by atoms with Crippen LogP contribution in [0.15, 0.2) is 35.5 Å². The smallest absolute Gasteiger partial charge is 0.418 e. The van der Waals surface area contributed by atoms with Gasteiger partial charge in [0.05, 0.1) is 23.0 Å². The number of hydrogen-bond acceptors (Lipinski definition) is 8. The highest BCUT2D eigenvalue weighted by Crippen LogP contribution is 2.48. The number of rotatable bonds is 7. The highest BCUT2D eigenvalue weighted by Gasteiger charge is 2.60. The minimum atomic E-state index is -4.95. The summed E-state index contributed by atoms with van der Waals surface area (Å²) < 4.78 is 57.5. The molecule has 11 nitrogen and oxygen atoms in total. The average molecular weight is 625 g/mol. The fourth-order valence-electron chi connectivity index (χ4n) is 4.93. The van der Waals surface area contributed by atoms with Crippen molar-refractivity contribution in [3.63, 3.8) is 0 Å². The summed E-state index contributed by atoms with van der Waals surface area (Å²) in [5, 5.41) is 10.5. The van der Waals surface area contributed by atoms with E-state index in [1.54, 1.807) is 0 Å². The molecule has 1 aromatic heterocycles. The molecule has 2 fully saturated rings. The SMILES string of the molecule is NC(=O)c1ccc(N2C(=S)N(c3cnc(C4=NC(C(=O)NCC(=O)O)CS4)c(C(F)(F)F)c3)C(=O)C23CCC3)cc1F. The Morgan fingerprint density at radius 2 is 1.93 bits per heavy atom. The predicted molar refractivity (Wildman–Crippen MR) is 147 cm³/mol. The Bertz CT molecular complexity index is 1580. The molecule has 1 unspecified atom stereocenters. The van der Waals surface area contributed by atoms with E-state index in [4.69, 9.17) is 23.1 Å². The van der Waals surface area contributed by atoms with Crippen LogP contribution in [0.3, 0.4) is 0 Å². The maximum atomic E-state index is 14.6. The lowest BCUT2D eigenvalue weighted by molar-refractivity contribution is -0.138. The summed E-state index contributed by atoms with van der Waals surface area (Å²) in [5.74, 6) is -4.63. The van der Waals surface area contributed by atoms with Crippen molar-refractivity contribution in [3.8, 4) is 0 Å². The zero-order valence-electron chi connectivity index (χ0n) is 21.3. The van der Waals surface area contributed by atoms with Gasteiger partial charge in [0.15, 0.2) is 5.11 Å². The molecule has 4 N–H and O–H groups in total. The first-order valence-electron chi connectivity index (χ1n) is 12.3. The number of nitrogens with one attached hydrogen (secondary N) is 1. The van der Waals surface area contributed by atoms with Crippen LogP contribution in [0.5, 0.6) is 0 Å². The molecule has 2 aliphatic heterocycles. The first-order chi connectivity index (χ1) is 19.7. The lowest BCUT2D eigenvalue weighted by atomic mass is 9.75. The molecule has 42 heavy (non-hydrogen) atoms. The van der Waals surface area contributed by atoms with Crippen LogP contribution in [0.2, 0.25) is 0 Å². The highest BCUT2D eigenvalue weighted by atomic mass is 32.2. The number of primary amides is 1. The Kier molecular flexibility index (Phi) is 7.42. The summed E-state index contributed by atoms with van der Waals surface area (Å²) in [6, 6.07) is 3.08. The van der Waals surface area contributed by atoms with Gasteiger partial charge in [0.2, 0.25) is 5.91 Å². The molecular weight excluding hydrogens is 604 g/mol. The van der Waals surface area contributed by atoms with Gasteiger partial charge in [-0.1, -0.05) is 0 Å². The summed E-state index contributed by atoms with van der Waals surface area (Å²) in [6.45, 7) is -0.671. The molecule has 5 rings (SSSR count). The molecule has 1 aromatic carbocycles. The van der Waals surface area contributed by atoms with E-state index in [0.717, 1.165) is 35.0 Å². The van der Waals surface area contributed by atoms with Crippen LogP contribution in [0.4, 0.5) is 28.9 Å². The average Bonchev–Trinajstić information content (AvgIpc) is 3.47. The number of carboxylic acids is 1. The van der Waals surface area contributed by atoms with Crippen LogP contribution < -0.4 is 20.9 Å². The van der Waals surface area contributed by atoms with Gasteiger partial charge in [-0.25, -0.2) is 4.39 Å². The van der Waals surface area contributed by atoms with Gasteiger partial charge in [-0.2, -0.15) is 13.2 Å². The molecule has 1 spiro atoms. The summed E-state index contributed by atoms with van der Waals surface area (Å²) in [6.07, 6.45) is -2.70. The fraction of sp³-hybridized carbons (Fsp3) is 0.320. The molecule has 17 heteroatoms. The van der Waals surface area contributed by atoms with Crippen molar-refractivity contribution in [1.29, 1.82) is 0 Å². The minimum Gasteiger partial charge on any atom is -0.480 e. The second kappa shape index (κ2) is 10.6. The van der Waals surface area contributed by atoms with Gasteiger partial charge in [-0.05, 0) is 55.7 Å². The number of nitrogens with two attached hydrogens (primary N) is 1. The van der Waals surface area contributed by atoms with Crippen molar-refractivity contribution in [3.05, 3.63) is 53.1 Å². The predicted octanol–water partition coefficient (Wildman–Crippen LogP) is 2.46. The van der Waals surface area contributed by atoms with Gasteiger partial charge in [0.25, 0.3) is 11.8 Å². The summed E-state index contributed by atoms with van der Waals surface area (Å²) in [5.41, 5.74) is 1.60.